The Hall–Kier alpha value is -5.12. The van der Waals surface area contributed by atoms with Crippen LogP contribution < -0.4 is 20.7 Å². The van der Waals surface area contributed by atoms with Crippen LogP contribution in [0.2, 0.25) is 0 Å². The van der Waals surface area contributed by atoms with Crippen molar-refractivity contribution < 1.29 is 23.8 Å². The summed E-state index contributed by atoms with van der Waals surface area (Å²) in [5, 5.41) is 10.5. The molecule has 0 spiro atoms. The highest BCUT2D eigenvalue weighted by molar-refractivity contribution is 5.98. The fourth-order valence-electron chi connectivity index (χ4n) is 6.18. The van der Waals surface area contributed by atoms with E-state index in [9.17, 15) is 9.59 Å². The molecule has 1 aliphatic heterocycles. The summed E-state index contributed by atoms with van der Waals surface area (Å²) in [5.41, 5.74) is 4.51. The Morgan fingerprint density at radius 1 is 0.851 bits per heavy atom. The molecule has 242 valence electrons. The average molecular weight is 633 g/mol. The number of H-pyrrole nitrogens is 1. The molecule has 3 atom stereocenters. The molecule has 4 aromatic carbocycles. The molecular weight excluding hydrogens is 592 g/mol. The Kier molecular flexibility index (Phi) is 10.5. The summed E-state index contributed by atoms with van der Waals surface area (Å²) in [5.74, 6) is 0.0421. The zero-order valence-corrected chi connectivity index (χ0v) is 26.4. The molecule has 1 fully saturated rings. The van der Waals surface area contributed by atoms with E-state index < -0.39 is 18.1 Å². The van der Waals surface area contributed by atoms with Crippen LogP contribution in [0.3, 0.4) is 0 Å². The maximum absolute atomic E-state index is 14.1. The first-order valence-corrected chi connectivity index (χ1v) is 16.0. The molecule has 5 aromatic rings. The third kappa shape index (κ3) is 8.00. The Labute approximate surface area is 274 Å². The molecule has 4 N–H and O–H groups in total. The van der Waals surface area contributed by atoms with Crippen molar-refractivity contribution in [3.8, 4) is 5.75 Å². The lowest BCUT2D eigenvalue weighted by Gasteiger charge is -2.31. The van der Waals surface area contributed by atoms with Gasteiger partial charge < -0.3 is 35.1 Å². The van der Waals surface area contributed by atoms with E-state index >= 15 is 0 Å². The number of amides is 2. The van der Waals surface area contributed by atoms with Crippen molar-refractivity contribution in [3.05, 3.63) is 132 Å². The topological polar surface area (TPSA) is 114 Å². The number of ether oxygens (including phenoxy) is 3. The van der Waals surface area contributed by atoms with Gasteiger partial charge in [0.1, 0.15) is 24.5 Å². The van der Waals surface area contributed by atoms with Crippen LogP contribution in [0.25, 0.3) is 10.9 Å². The Bertz CT molecular complexity index is 1720. The summed E-state index contributed by atoms with van der Waals surface area (Å²) in [6.07, 6.45) is 2.57. The van der Waals surface area contributed by atoms with Crippen LogP contribution in [-0.4, -0.2) is 62.0 Å². The first-order chi connectivity index (χ1) is 23.1. The summed E-state index contributed by atoms with van der Waals surface area (Å²) in [6.45, 7) is 1.89. The van der Waals surface area contributed by atoms with E-state index in [-0.39, 0.29) is 18.1 Å². The third-order valence-electron chi connectivity index (χ3n) is 8.51. The van der Waals surface area contributed by atoms with Gasteiger partial charge in [0.2, 0.25) is 5.91 Å². The number of hydrogen-bond acceptors (Lipinski definition) is 6. The van der Waals surface area contributed by atoms with Gasteiger partial charge in [-0.25, -0.2) is 4.79 Å². The minimum Gasteiger partial charge on any atom is -0.490 e. The molecule has 6 rings (SSSR count). The number of aromatic amines is 1. The van der Waals surface area contributed by atoms with Gasteiger partial charge in [-0.2, -0.15) is 0 Å². The molecule has 9 nitrogen and oxygen atoms in total. The zero-order valence-electron chi connectivity index (χ0n) is 26.4. The largest absolute Gasteiger partial charge is 0.490 e. The fraction of sp³-hybridized carbons (Fsp3) is 0.263. The third-order valence-corrected chi connectivity index (χ3v) is 8.51. The molecule has 2 amide bonds. The lowest BCUT2D eigenvalue weighted by molar-refractivity contribution is -0.118. The molecule has 0 aliphatic carbocycles. The van der Waals surface area contributed by atoms with E-state index in [2.05, 4.69) is 20.9 Å². The maximum Gasteiger partial charge on any atom is 0.407 e. The van der Waals surface area contributed by atoms with Gasteiger partial charge in [0.05, 0.1) is 13.2 Å². The van der Waals surface area contributed by atoms with Gasteiger partial charge in [0.25, 0.3) is 0 Å². The summed E-state index contributed by atoms with van der Waals surface area (Å²) in [4.78, 5) is 29.8. The van der Waals surface area contributed by atoms with Gasteiger partial charge in [-0.05, 0) is 53.8 Å². The molecule has 1 aliphatic rings. The second-order valence-corrected chi connectivity index (χ2v) is 11.6. The van der Waals surface area contributed by atoms with Crippen molar-refractivity contribution in [3.63, 3.8) is 0 Å². The normalized spacial score (nSPS) is 16.8. The summed E-state index contributed by atoms with van der Waals surface area (Å²) in [7, 11) is 1.29. The first kappa shape index (κ1) is 31.8. The van der Waals surface area contributed by atoms with Crippen molar-refractivity contribution in [1.29, 1.82) is 0 Å². The van der Waals surface area contributed by atoms with E-state index in [4.69, 9.17) is 14.2 Å². The summed E-state index contributed by atoms with van der Waals surface area (Å²) < 4.78 is 17.5. The van der Waals surface area contributed by atoms with E-state index in [0.717, 1.165) is 46.3 Å². The van der Waals surface area contributed by atoms with Crippen LogP contribution in [0.4, 0.5) is 10.5 Å². The SMILES string of the molecule is COC(=O)NC(C(=O)Nc1ccccc1CC[C@@H]1CNC[C@@H](COc2cccc3[nH]ccc23)O1)C(c1ccccc1)c1ccccc1. The van der Waals surface area contributed by atoms with Crippen LogP contribution in [0, 0.1) is 0 Å². The molecule has 0 radical (unpaired) electrons. The van der Waals surface area contributed by atoms with E-state index in [0.29, 0.717) is 25.3 Å². The maximum atomic E-state index is 14.1. The number of aromatic nitrogens is 1. The molecule has 47 heavy (non-hydrogen) atoms. The Morgan fingerprint density at radius 2 is 1.55 bits per heavy atom. The van der Waals surface area contributed by atoms with Gasteiger partial charge in [-0.3, -0.25) is 4.79 Å². The van der Waals surface area contributed by atoms with Crippen LogP contribution >= 0.6 is 0 Å². The quantitative estimate of drug-likeness (QED) is 0.134. The molecule has 0 saturated carbocycles. The van der Waals surface area contributed by atoms with E-state index in [1.54, 1.807) is 0 Å². The number of anilines is 1. The van der Waals surface area contributed by atoms with Crippen molar-refractivity contribution in [2.75, 3.05) is 32.1 Å². The number of morpholine rings is 1. The molecule has 1 aromatic heterocycles. The molecule has 2 heterocycles. The Balaban J connectivity index is 1.13. The van der Waals surface area contributed by atoms with Crippen molar-refractivity contribution in [2.24, 2.45) is 0 Å². The van der Waals surface area contributed by atoms with Crippen molar-refractivity contribution in [2.45, 2.75) is 37.0 Å². The first-order valence-electron chi connectivity index (χ1n) is 16.0. The van der Waals surface area contributed by atoms with E-state index in [1.807, 2.05) is 115 Å². The van der Waals surface area contributed by atoms with Crippen molar-refractivity contribution in [1.82, 2.24) is 15.6 Å². The number of fused-ring (bicyclic) bond motifs is 1. The number of aryl methyl sites for hydroxylation is 1. The smallest absolute Gasteiger partial charge is 0.407 e. The number of benzene rings is 4. The number of methoxy groups -OCH3 is 1. The molecule has 9 heteroatoms. The van der Waals surface area contributed by atoms with Crippen LogP contribution in [-0.2, 0) is 20.7 Å². The molecule has 1 unspecified atom stereocenters. The van der Waals surface area contributed by atoms with Gasteiger partial charge in [-0.15, -0.1) is 0 Å². The minimum atomic E-state index is -0.941. The van der Waals surface area contributed by atoms with Crippen LogP contribution in [0.1, 0.15) is 29.0 Å². The van der Waals surface area contributed by atoms with Crippen LogP contribution in [0.15, 0.2) is 115 Å². The van der Waals surface area contributed by atoms with Gasteiger partial charge in [0, 0.05) is 41.8 Å². The van der Waals surface area contributed by atoms with E-state index in [1.165, 1.54) is 7.11 Å². The standard InChI is InChI=1S/C38H40N4O5/c1-45-38(44)42-36(35(27-12-4-2-5-13-27)28-14-6-3-7-15-28)37(43)41-32-16-9-8-11-26(32)19-20-29-23-39-24-30(47-29)25-46-34-18-10-17-33-31(34)21-22-40-33/h2-18,21-22,29-30,35-36,39-40H,19-20,23-25H2,1H3,(H,41,43)(H,42,44)/t29-,30+,36?/m1/s1. The highest BCUT2D eigenvalue weighted by atomic mass is 16.5. The lowest BCUT2D eigenvalue weighted by atomic mass is 9.84. The number of hydrogen-bond donors (Lipinski definition) is 4. The highest BCUT2D eigenvalue weighted by Crippen LogP contribution is 2.30. The van der Waals surface area contributed by atoms with Gasteiger partial charge in [-0.1, -0.05) is 84.9 Å². The average Bonchev–Trinajstić information content (AvgIpc) is 3.61. The molecule has 1 saturated heterocycles. The van der Waals surface area contributed by atoms with Crippen molar-refractivity contribution >= 4 is 28.6 Å². The van der Waals surface area contributed by atoms with Crippen LogP contribution in [0.5, 0.6) is 5.75 Å². The lowest BCUT2D eigenvalue weighted by Crippen LogP contribution is -2.48. The number of nitrogens with one attached hydrogen (secondary N) is 4. The Morgan fingerprint density at radius 3 is 2.30 bits per heavy atom. The zero-order chi connectivity index (χ0) is 32.4. The van der Waals surface area contributed by atoms with Gasteiger partial charge in [0.15, 0.2) is 0 Å². The number of rotatable bonds is 12. The number of para-hydroxylation sites is 1. The monoisotopic (exact) mass is 632 g/mol. The minimum absolute atomic E-state index is 0.0153. The fourth-order valence-corrected chi connectivity index (χ4v) is 6.18. The number of carbonyl (C=O) groups is 2. The summed E-state index contributed by atoms with van der Waals surface area (Å²) >= 11 is 0. The summed E-state index contributed by atoms with van der Waals surface area (Å²) in [6, 6.07) is 34.2. The number of alkyl carbamates (subject to hydrolysis) is 1. The second-order valence-electron chi connectivity index (χ2n) is 11.6. The predicted octanol–water partition coefficient (Wildman–Crippen LogP) is 6.03. The molecular formula is C38H40N4O5. The highest BCUT2D eigenvalue weighted by Gasteiger charge is 2.33. The second kappa shape index (κ2) is 15.4. The van der Waals surface area contributed by atoms with Gasteiger partial charge >= 0.3 is 6.09 Å². The number of carbonyl (C=O) groups excluding carboxylic acids is 2. The predicted molar refractivity (Wildman–Crippen MR) is 183 cm³/mol. The molecule has 0 bridgehead atoms.